The minimum Gasteiger partial charge on any atom is -0.311 e. The van der Waals surface area contributed by atoms with Crippen LogP contribution in [0.4, 0.5) is 0 Å². The first kappa shape index (κ1) is 10.0. The fraction of sp³-hybridized carbons (Fsp3) is 0.500. The molecule has 1 aromatic carbocycles. The van der Waals surface area contributed by atoms with Crippen molar-refractivity contribution in [3.05, 3.63) is 34.9 Å². The van der Waals surface area contributed by atoms with E-state index in [4.69, 9.17) is 11.6 Å². The van der Waals surface area contributed by atoms with Crippen LogP contribution in [0.1, 0.15) is 31.7 Å². The number of nitrogens with one attached hydrogen (secondary N) is 1. The number of benzene rings is 1. The smallest absolute Gasteiger partial charge is 0.0408 e. The number of rotatable bonds is 1. The van der Waals surface area contributed by atoms with Crippen molar-refractivity contribution >= 4 is 11.6 Å². The van der Waals surface area contributed by atoms with Gasteiger partial charge >= 0.3 is 0 Å². The molecule has 3 atom stereocenters. The Balaban J connectivity index is 2.23. The summed E-state index contributed by atoms with van der Waals surface area (Å²) < 4.78 is 0. The average Bonchev–Trinajstić information content (AvgIpc) is 2.45. The quantitative estimate of drug-likeness (QED) is 0.749. The lowest BCUT2D eigenvalue weighted by atomic mass is 9.92. The molecule has 1 aliphatic heterocycles. The first-order chi connectivity index (χ1) is 6.66. The summed E-state index contributed by atoms with van der Waals surface area (Å²) in [6.07, 6.45) is 1.21. The molecule has 3 unspecified atom stereocenters. The van der Waals surface area contributed by atoms with E-state index in [0.717, 1.165) is 5.02 Å². The first-order valence-corrected chi connectivity index (χ1v) is 5.56. The third-order valence-corrected chi connectivity index (χ3v) is 3.27. The highest BCUT2D eigenvalue weighted by molar-refractivity contribution is 6.30. The van der Waals surface area contributed by atoms with Crippen LogP contribution in [0.5, 0.6) is 0 Å². The molecule has 76 valence electrons. The minimum absolute atomic E-state index is 0.559. The molecule has 1 aromatic rings. The van der Waals surface area contributed by atoms with Crippen molar-refractivity contribution in [3.63, 3.8) is 0 Å². The Morgan fingerprint density at radius 2 is 2.14 bits per heavy atom. The molecular weight excluding hydrogens is 194 g/mol. The second-order valence-corrected chi connectivity index (χ2v) is 4.69. The van der Waals surface area contributed by atoms with Gasteiger partial charge in [0.25, 0.3) is 0 Å². The van der Waals surface area contributed by atoms with Gasteiger partial charge < -0.3 is 5.32 Å². The zero-order chi connectivity index (χ0) is 10.1. The van der Waals surface area contributed by atoms with Gasteiger partial charge in [0.1, 0.15) is 0 Å². The van der Waals surface area contributed by atoms with Crippen molar-refractivity contribution in [2.75, 3.05) is 0 Å². The summed E-state index contributed by atoms with van der Waals surface area (Å²) in [4.78, 5) is 0. The molecule has 1 N–H and O–H groups in total. The molecule has 0 aliphatic carbocycles. The minimum atomic E-state index is 0.559. The lowest BCUT2D eigenvalue weighted by Crippen LogP contribution is -2.26. The molecule has 0 spiro atoms. The summed E-state index contributed by atoms with van der Waals surface area (Å²) in [6.45, 7) is 4.48. The molecule has 14 heavy (non-hydrogen) atoms. The van der Waals surface area contributed by atoms with Crippen LogP contribution in [-0.2, 0) is 0 Å². The van der Waals surface area contributed by atoms with Gasteiger partial charge in [0, 0.05) is 23.0 Å². The second kappa shape index (κ2) is 3.92. The van der Waals surface area contributed by atoms with Crippen LogP contribution in [0.2, 0.25) is 5.02 Å². The average molecular weight is 210 g/mol. The van der Waals surface area contributed by atoms with Gasteiger partial charge in [0.2, 0.25) is 0 Å². The lowest BCUT2D eigenvalue weighted by molar-refractivity contribution is 0.575. The third kappa shape index (κ3) is 1.94. The maximum Gasteiger partial charge on any atom is 0.0408 e. The highest BCUT2D eigenvalue weighted by Crippen LogP contribution is 2.31. The Labute approximate surface area is 90.5 Å². The molecule has 0 amide bonds. The fourth-order valence-electron chi connectivity index (χ4n) is 2.38. The molecule has 0 aromatic heterocycles. The Morgan fingerprint density at radius 1 is 1.36 bits per heavy atom. The monoisotopic (exact) mass is 209 g/mol. The van der Waals surface area contributed by atoms with E-state index < -0.39 is 0 Å². The topological polar surface area (TPSA) is 12.0 Å². The Hall–Kier alpha value is -0.530. The van der Waals surface area contributed by atoms with Gasteiger partial charge in [-0.1, -0.05) is 23.7 Å². The summed E-state index contributed by atoms with van der Waals surface area (Å²) in [6, 6.07) is 9.40. The van der Waals surface area contributed by atoms with E-state index >= 15 is 0 Å². The largest absolute Gasteiger partial charge is 0.311 e. The molecule has 0 bridgehead atoms. The molecule has 1 saturated heterocycles. The molecule has 0 saturated carbocycles. The Kier molecular flexibility index (Phi) is 2.80. The van der Waals surface area contributed by atoms with Crippen LogP contribution in [-0.4, -0.2) is 12.1 Å². The Bertz CT molecular complexity index is 324. The highest BCUT2D eigenvalue weighted by Gasteiger charge is 2.28. The van der Waals surface area contributed by atoms with E-state index in [-0.39, 0.29) is 0 Å². The summed E-state index contributed by atoms with van der Waals surface area (Å²) in [7, 11) is 0. The number of hydrogen-bond donors (Lipinski definition) is 1. The molecule has 1 aliphatic rings. The van der Waals surface area contributed by atoms with Crippen LogP contribution >= 0.6 is 11.6 Å². The Morgan fingerprint density at radius 3 is 2.71 bits per heavy atom. The SMILES string of the molecule is CC1CC(c2cccc(Cl)c2)C(C)N1. The van der Waals surface area contributed by atoms with Gasteiger partial charge in [-0.25, -0.2) is 0 Å². The maximum absolute atomic E-state index is 5.99. The zero-order valence-corrected chi connectivity index (χ0v) is 9.38. The normalized spacial score (nSPS) is 32.1. The predicted octanol–water partition coefficient (Wildman–Crippen LogP) is 3.19. The van der Waals surface area contributed by atoms with Crippen LogP contribution in [0.25, 0.3) is 0 Å². The first-order valence-electron chi connectivity index (χ1n) is 5.18. The lowest BCUT2D eigenvalue weighted by Gasteiger charge is -2.15. The van der Waals surface area contributed by atoms with E-state index in [1.54, 1.807) is 0 Å². The van der Waals surface area contributed by atoms with E-state index in [1.165, 1.54) is 12.0 Å². The standard InChI is InChI=1S/C12H16ClN/c1-8-6-12(9(2)14-8)10-4-3-5-11(13)7-10/h3-5,7-9,12,14H,6H2,1-2H3. The van der Waals surface area contributed by atoms with Gasteiger partial charge in [-0.05, 0) is 38.0 Å². The van der Waals surface area contributed by atoms with E-state index in [9.17, 15) is 0 Å². The van der Waals surface area contributed by atoms with Gasteiger partial charge in [-0.15, -0.1) is 0 Å². The predicted molar refractivity (Wildman–Crippen MR) is 60.9 cm³/mol. The highest BCUT2D eigenvalue weighted by atomic mass is 35.5. The summed E-state index contributed by atoms with van der Waals surface area (Å²) in [5.74, 6) is 0.615. The van der Waals surface area contributed by atoms with Crippen molar-refractivity contribution in [2.24, 2.45) is 0 Å². The molecule has 1 heterocycles. The number of halogens is 1. The van der Waals surface area contributed by atoms with Gasteiger partial charge in [-0.2, -0.15) is 0 Å². The second-order valence-electron chi connectivity index (χ2n) is 4.25. The summed E-state index contributed by atoms with van der Waals surface area (Å²) in [5, 5.41) is 4.38. The van der Waals surface area contributed by atoms with Crippen LogP contribution in [0.3, 0.4) is 0 Å². The van der Waals surface area contributed by atoms with Crippen molar-refractivity contribution in [2.45, 2.75) is 38.3 Å². The van der Waals surface area contributed by atoms with Crippen molar-refractivity contribution in [1.82, 2.24) is 5.32 Å². The molecule has 2 rings (SSSR count). The van der Waals surface area contributed by atoms with Crippen LogP contribution < -0.4 is 5.32 Å². The molecule has 0 radical (unpaired) electrons. The number of hydrogen-bond acceptors (Lipinski definition) is 1. The maximum atomic E-state index is 5.99. The van der Waals surface area contributed by atoms with Gasteiger partial charge in [0.05, 0.1) is 0 Å². The van der Waals surface area contributed by atoms with E-state index in [1.807, 2.05) is 12.1 Å². The van der Waals surface area contributed by atoms with Crippen molar-refractivity contribution < 1.29 is 0 Å². The molecule has 1 fully saturated rings. The molecule has 1 nitrogen and oxygen atoms in total. The third-order valence-electron chi connectivity index (χ3n) is 3.04. The zero-order valence-electron chi connectivity index (χ0n) is 8.63. The van der Waals surface area contributed by atoms with Crippen LogP contribution in [0, 0.1) is 0 Å². The molecular formula is C12H16ClN. The molecule has 2 heteroatoms. The van der Waals surface area contributed by atoms with Crippen molar-refractivity contribution in [1.29, 1.82) is 0 Å². The van der Waals surface area contributed by atoms with E-state index in [0.29, 0.717) is 18.0 Å². The fourth-order valence-corrected chi connectivity index (χ4v) is 2.58. The van der Waals surface area contributed by atoms with E-state index in [2.05, 4.69) is 31.3 Å². The van der Waals surface area contributed by atoms with Gasteiger partial charge in [0.15, 0.2) is 0 Å². The summed E-state index contributed by atoms with van der Waals surface area (Å²) in [5.41, 5.74) is 1.36. The summed E-state index contributed by atoms with van der Waals surface area (Å²) >= 11 is 5.99. The van der Waals surface area contributed by atoms with Crippen LogP contribution in [0.15, 0.2) is 24.3 Å². The van der Waals surface area contributed by atoms with Crippen molar-refractivity contribution in [3.8, 4) is 0 Å². The van der Waals surface area contributed by atoms with Gasteiger partial charge in [-0.3, -0.25) is 0 Å².